The number of hydrogen-bond acceptors (Lipinski definition) is 11. The molecule has 61 heavy (non-hydrogen) atoms. The van der Waals surface area contributed by atoms with E-state index in [9.17, 15) is 38.7 Å². The van der Waals surface area contributed by atoms with Crippen molar-refractivity contribution >= 4 is 64.6 Å². The fourth-order valence-corrected chi connectivity index (χ4v) is 10.9. The van der Waals surface area contributed by atoms with E-state index in [-0.39, 0.29) is 56.1 Å². The number of benzene rings is 2. The smallest absolute Gasteiger partial charge is 0.330 e. The molecule has 0 saturated carbocycles. The van der Waals surface area contributed by atoms with Crippen molar-refractivity contribution < 1.29 is 48.1 Å². The van der Waals surface area contributed by atoms with Crippen LogP contribution in [0.1, 0.15) is 123 Å². The molecule has 2 amide bonds. The maximum Gasteiger partial charge on any atom is 0.330 e. The summed E-state index contributed by atoms with van der Waals surface area (Å²) in [6, 6.07) is 14.0. The number of carbonyl (C=O) groups is 7. The van der Waals surface area contributed by atoms with Gasteiger partial charge in [0, 0.05) is 38.1 Å². The van der Waals surface area contributed by atoms with Gasteiger partial charge in [-0.15, -0.1) is 23.5 Å². The minimum absolute atomic E-state index is 0.0219. The maximum atomic E-state index is 14.9. The van der Waals surface area contributed by atoms with Crippen molar-refractivity contribution in [3.63, 3.8) is 0 Å². The number of ether oxygens (including phenoxy) is 2. The first-order valence-electron chi connectivity index (χ1n) is 21.5. The largest absolute Gasteiger partial charge is 0.479 e. The number of carboxylic acids is 1. The van der Waals surface area contributed by atoms with Crippen LogP contribution in [0.4, 0.5) is 0 Å². The van der Waals surface area contributed by atoms with Crippen LogP contribution in [0.15, 0.2) is 54.6 Å². The highest BCUT2D eigenvalue weighted by Gasteiger charge is 2.52. The van der Waals surface area contributed by atoms with E-state index in [0.29, 0.717) is 18.4 Å². The van der Waals surface area contributed by atoms with Crippen molar-refractivity contribution in [2.75, 3.05) is 24.7 Å². The number of rotatable bonds is 22. The van der Waals surface area contributed by atoms with Gasteiger partial charge in [0.1, 0.15) is 0 Å². The van der Waals surface area contributed by atoms with Gasteiger partial charge in [-0.1, -0.05) is 103 Å². The number of Topliss-reactive ketones (excluding diaryl/α,β-unsaturated/α-hetero) is 3. The fraction of sp³-hybridized carbons (Fsp3) is 0.596. The van der Waals surface area contributed by atoms with E-state index in [1.165, 1.54) is 5.56 Å². The summed E-state index contributed by atoms with van der Waals surface area (Å²) in [6.45, 7) is 14.6. The van der Waals surface area contributed by atoms with E-state index >= 15 is 0 Å². The summed E-state index contributed by atoms with van der Waals surface area (Å²) in [5, 5.41) is 12.1. The predicted octanol–water partition coefficient (Wildman–Crippen LogP) is 7.50. The number of esters is 1. The monoisotopic (exact) mass is 880 g/mol. The topological polar surface area (TPSA) is 173 Å². The van der Waals surface area contributed by atoms with Crippen molar-refractivity contribution in [2.45, 2.75) is 134 Å². The second-order valence-electron chi connectivity index (χ2n) is 17.7. The molecule has 1 spiro atoms. The zero-order valence-electron chi connectivity index (χ0n) is 36.7. The van der Waals surface area contributed by atoms with Gasteiger partial charge in [0.15, 0.2) is 17.6 Å². The van der Waals surface area contributed by atoms with Crippen LogP contribution in [0, 0.1) is 17.8 Å². The molecule has 14 heteroatoms. The molecule has 2 aromatic rings. The van der Waals surface area contributed by atoms with E-state index in [1.807, 2.05) is 32.9 Å². The first kappa shape index (κ1) is 49.6. The summed E-state index contributed by atoms with van der Waals surface area (Å²) in [6.07, 6.45) is 0.0340. The second kappa shape index (κ2) is 22.9. The van der Waals surface area contributed by atoms with Crippen LogP contribution in [0.2, 0.25) is 0 Å². The second-order valence-corrected chi connectivity index (χ2v) is 20.9. The van der Waals surface area contributed by atoms with Gasteiger partial charge < -0.3 is 24.8 Å². The van der Waals surface area contributed by atoms with Gasteiger partial charge in [0.25, 0.3) is 0 Å². The molecule has 2 fully saturated rings. The molecular formula is C47H64N2O10S2. The Morgan fingerprint density at radius 1 is 0.918 bits per heavy atom. The summed E-state index contributed by atoms with van der Waals surface area (Å²) in [7, 11) is 0. The van der Waals surface area contributed by atoms with E-state index in [4.69, 9.17) is 9.47 Å². The Morgan fingerprint density at radius 3 is 2.16 bits per heavy atom. The van der Waals surface area contributed by atoms with E-state index in [2.05, 4.69) is 38.2 Å². The molecule has 2 saturated heterocycles. The molecule has 0 radical (unpaired) electrons. The highest BCUT2D eigenvalue weighted by Crippen LogP contribution is 2.51. The SMILES string of the molecule is CCCC(CC(=O)[C@@H]1CC2(CN1C(=O)[C@@H](CC(=O)OCC(C)C)C(C)OCc1ccc(C(C)(C)C)cc1)SCCCS2)C(=O)C(=O)CCC(=O)NC(C(=O)O)c1ccccc1. The Labute approximate surface area is 369 Å². The van der Waals surface area contributed by atoms with Crippen LogP contribution >= 0.6 is 23.5 Å². The summed E-state index contributed by atoms with van der Waals surface area (Å²) in [5.74, 6) is -4.91. The normalized spacial score (nSPS) is 18.2. The van der Waals surface area contributed by atoms with Gasteiger partial charge in [0.2, 0.25) is 17.6 Å². The molecule has 4 rings (SSSR count). The van der Waals surface area contributed by atoms with Gasteiger partial charge >= 0.3 is 11.9 Å². The third kappa shape index (κ3) is 14.5. The molecule has 5 atom stereocenters. The first-order valence-corrected chi connectivity index (χ1v) is 23.4. The number of carbonyl (C=O) groups excluding carboxylic acids is 6. The number of ketones is 3. The molecule has 12 nitrogen and oxygen atoms in total. The third-order valence-corrected chi connectivity index (χ3v) is 14.5. The van der Waals surface area contributed by atoms with Crippen LogP contribution in [-0.4, -0.2) is 92.0 Å². The summed E-state index contributed by atoms with van der Waals surface area (Å²) in [5.41, 5.74) is 2.42. The Balaban J connectivity index is 1.51. The molecule has 2 aromatic carbocycles. The summed E-state index contributed by atoms with van der Waals surface area (Å²) >= 11 is 3.45. The van der Waals surface area contributed by atoms with Gasteiger partial charge in [-0.25, -0.2) is 4.79 Å². The molecule has 0 aliphatic carbocycles. The lowest BCUT2D eigenvalue weighted by atomic mass is 9.87. The minimum Gasteiger partial charge on any atom is -0.479 e. The first-order chi connectivity index (χ1) is 28.8. The fourth-order valence-electron chi connectivity index (χ4n) is 7.59. The van der Waals surface area contributed by atoms with Crippen molar-refractivity contribution in [1.29, 1.82) is 0 Å². The van der Waals surface area contributed by atoms with Crippen molar-refractivity contribution in [3.05, 3.63) is 71.3 Å². The van der Waals surface area contributed by atoms with Gasteiger partial charge in [-0.2, -0.15) is 0 Å². The lowest BCUT2D eigenvalue weighted by Gasteiger charge is -2.33. The molecule has 2 N–H and O–H groups in total. The van der Waals surface area contributed by atoms with Gasteiger partial charge in [-0.3, -0.25) is 28.8 Å². The Morgan fingerprint density at radius 2 is 1.57 bits per heavy atom. The molecule has 0 bridgehead atoms. The van der Waals surface area contributed by atoms with E-state index < -0.39 is 82.3 Å². The Hall–Kier alpha value is -4.01. The maximum absolute atomic E-state index is 14.9. The number of likely N-dealkylation sites (tertiary alicyclic amines) is 1. The van der Waals surface area contributed by atoms with E-state index in [1.54, 1.807) is 65.7 Å². The van der Waals surface area contributed by atoms with Crippen molar-refractivity contribution in [2.24, 2.45) is 17.8 Å². The lowest BCUT2D eigenvalue weighted by Crippen LogP contribution is -2.48. The molecular weight excluding hydrogens is 817 g/mol. The van der Waals surface area contributed by atoms with E-state index in [0.717, 1.165) is 23.5 Å². The number of carboxylic acid groups (broad SMARTS) is 1. The number of thioether (sulfide) groups is 2. The highest BCUT2D eigenvalue weighted by molar-refractivity contribution is 8.18. The average molecular weight is 881 g/mol. The highest BCUT2D eigenvalue weighted by atomic mass is 32.2. The van der Waals surface area contributed by atoms with Crippen LogP contribution in [-0.2, 0) is 55.1 Å². The molecule has 0 aromatic heterocycles. The van der Waals surface area contributed by atoms with Gasteiger partial charge in [-0.05, 0) is 59.3 Å². The number of aliphatic carboxylic acids is 1. The van der Waals surface area contributed by atoms with Crippen LogP contribution in [0.5, 0.6) is 0 Å². The quantitative estimate of drug-likeness (QED) is 0.0883. The zero-order chi connectivity index (χ0) is 44.9. The summed E-state index contributed by atoms with van der Waals surface area (Å²) < 4.78 is 11.4. The van der Waals surface area contributed by atoms with Crippen molar-refractivity contribution in [3.8, 4) is 0 Å². The Bertz CT molecular complexity index is 1840. The summed E-state index contributed by atoms with van der Waals surface area (Å²) in [4.78, 5) is 95.7. The zero-order valence-corrected chi connectivity index (χ0v) is 38.4. The standard InChI is InChI=1S/C47H64N2O10S2/c1-8-13-34(43(54)38(50)20-21-40(52)48-42(45(56)57)33-14-10-9-11-15-33)24-39(51)37-26-47(60-22-12-23-61-47)29-49(37)44(55)36(25-41(53)59-27-30(2)3)31(4)58-28-32-16-18-35(19-17-32)46(5,6)7/h9-11,14-19,30-31,34,36-37,42H,8,12-13,20-29H2,1-7H3,(H,48,52)(H,56,57)/t31?,34?,36-,37-,42?/m0/s1. The minimum atomic E-state index is -1.32. The predicted molar refractivity (Wildman–Crippen MR) is 238 cm³/mol. The molecule has 3 unspecified atom stereocenters. The van der Waals surface area contributed by atoms with Crippen LogP contribution in [0.25, 0.3) is 0 Å². The van der Waals surface area contributed by atoms with Crippen LogP contribution in [0.3, 0.4) is 0 Å². The number of amides is 2. The van der Waals surface area contributed by atoms with Gasteiger partial charge in [0.05, 0.1) is 41.8 Å². The third-order valence-electron chi connectivity index (χ3n) is 11.1. The molecule has 2 aliphatic heterocycles. The number of nitrogens with one attached hydrogen (secondary N) is 1. The van der Waals surface area contributed by atoms with Crippen molar-refractivity contribution in [1.82, 2.24) is 10.2 Å². The Kier molecular flexibility index (Phi) is 18.6. The lowest BCUT2D eigenvalue weighted by molar-refractivity contribution is -0.155. The van der Waals surface area contributed by atoms with Crippen LogP contribution < -0.4 is 5.32 Å². The molecule has 2 heterocycles. The number of nitrogens with zero attached hydrogens (tertiary/aromatic N) is 1. The molecule has 2 aliphatic rings. The molecule has 334 valence electrons. The average Bonchev–Trinajstić information content (AvgIpc) is 3.60. The number of hydrogen-bond donors (Lipinski definition) is 2.